The molecule has 1 amide bonds. The van der Waals surface area contributed by atoms with Crippen LogP contribution in [0.15, 0.2) is 38.9 Å². The summed E-state index contributed by atoms with van der Waals surface area (Å²) >= 11 is 2.66. The minimum atomic E-state index is -0.451. The summed E-state index contributed by atoms with van der Waals surface area (Å²) in [6.07, 6.45) is 1.36. The molecule has 1 saturated heterocycles. The van der Waals surface area contributed by atoms with Crippen LogP contribution in [0.5, 0.6) is 11.5 Å². The summed E-state index contributed by atoms with van der Waals surface area (Å²) in [5, 5.41) is 9.09. The van der Waals surface area contributed by atoms with E-state index in [1.807, 2.05) is 6.07 Å². The summed E-state index contributed by atoms with van der Waals surface area (Å²) in [7, 11) is 0. The second-order valence-electron chi connectivity index (χ2n) is 5.86. The molecular formula is C18H17N3O6S2. The van der Waals surface area contributed by atoms with Gasteiger partial charge in [0.1, 0.15) is 0 Å². The van der Waals surface area contributed by atoms with Crippen molar-refractivity contribution in [3.8, 4) is 23.0 Å². The van der Waals surface area contributed by atoms with Gasteiger partial charge in [0.05, 0.1) is 23.5 Å². The normalized spacial score (nSPS) is 16.7. The SMILES string of the molecule is CCOC(=O)/C=C1\SCC(=O)N1CCSc1nnc(-c2ccc3c(c2)OCO3)o1. The lowest BCUT2D eigenvalue weighted by Crippen LogP contribution is -2.27. The first kappa shape index (κ1) is 19.6. The number of amides is 1. The Morgan fingerprint density at radius 3 is 3.07 bits per heavy atom. The number of fused-ring (bicyclic) bond motifs is 1. The molecule has 1 fully saturated rings. The summed E-state index contributed by atoms with van der Waals surface area (Å²) < 4.78 is 21.3. The number of carbonyl (C=O) groups is 2. The molecule has 2 aliphatic rings. The van der Waals surface area contributed by atoms with E-state index in [2.05, 4.69) is 10.2 Å². The van der Waals surface area contributed by atoms with E-state index in [9.17, 15) is 9.59 Å². The molecule has 2 aliphatic heterocycles. The Morgan fingerprint density at radius 1 is 1.34 bits per heavy atom. The predicted molar refractivity (Wildman–Crippen MR) is 105 cm³/mol. The van der Waals surface area contributed by atoms with E-state index in [1.54, 1.807) is 24.0 Å². The van der Waals surface area contributed by atoms with Gasteiger partial charge in [-0.25, -0.2) is 4.79 Å². The molecule has 0 radical (unpaired) electrons. The number of aromatic nitrogens is 2. The van der Waals surface area contributed by atoms with Crippen molar-refractivity contribution in [2.75, 3.05) is 31.5 Å². The van der Waals surface area contributed by atoms with Gasteiger partial charge in [0.25, 0.3) is 5.22 Å². The van der Waals surface area contributed by atoms with E-state index in [0.29, 0.717) is 52.3 Å². The lowest BCUT2D eigenvalue weighted by atomic mass is 10.2. The molecule has 11 heteroatoms. The Kier molecular flexibility index (Phi) is 5.95. The fourth-order valence-electron chi connectivity index (χ4n) is 2.69. The Bertz CT molecular complexity index is 961. The molecule has 0 saturated carbocycles. The number of rotatable bonds is 7. The highest BCUT2D eigenvalue weighted by Gasteiger charge is 2.27. The number of carbonyl (C=O) groups excluding carboxylic acids is 2. The van der Waals surface area contributed by atoms with E-state index in [0.717, 1.165) is 5.56 Å². The van der Waals surface area contributed by atoms with Gasteiger partial charge in [-0.1, -0.05) is 23.5 Å². The topological polar surface area (TPSA) is 104 Å². The van der Waals surface area contributed by atoms with Gasteiger partial charge in [0.2, 0.25) is 18.6 Å². The first-order valence-corrected chi connectivity index (χ1v) is 10.8. The maximum absolute atomic E-state index is 12.1. The number of ether oxygens (including phenoxy) is 3. The number of hydrogen-bond acceptors (Lipinski definition) is 10. The lowest BCUT2D eigenvalue weighted by molar-refractivity contribution is -0.137. The molecule has 152 valence electrons. The van der Waals surface area contributed by atoms with Crippen molar-refractivity contribution in [2.24, 2.45) is 0 Å². The highest BCUT2D eigenvalue weighted by molar-refractivity contribution is 8.04. The smallest absolute Gasteiger partial charge is 0.333 e. The van der Waals surface area contributed by atoms with Gasteiger partial charge in [-0.05, 0) is 25.1 Å². The Labute approximate surface area is 174 Å². The molecule has 1 aromatic heterocycles. The van der Waals surface area contributed by atoms with Crippen molar-refractivity contribution in [2.45, 2.75) is 12.1 Å². The highest BCUT2D eigenvalue weighted by Crippen LogP contribution is 2.36. The first-order valence-electron chi connectivity index (χ1n) is 8.82. The molecule has 9 nitrogen and oxygen atoms in total. The van der Waals surface area contributed by atoms with Crippen LogP contribution >= 0.6 is 23.5 Å². The molecule has 29 heavy (non-hydrogen) atoms. The Morgan fingerprint density at radius 2 is 2.21 bits per heavy atom. The molecule has 1 aromatic carbocycles. The second-order valence-corrected chi connectivity index (χ2v) is 7.90. The Balaban J connectivity index is 1.35. The molecule has 2 aromatic rings. The number of thioether (sulfide) groups is 2. The zero-order valence-corrected chi connectivity index (χ0v) is 17.1. The van der Waals surface area contributed by atoms with E-state index in [-0.39, 0.29) is 12.7 Å². The average Bonchev–Trinajstić information content (AvgIpc) is 3.43. The minimum Gasteiger partial charge on any atom is -0.463 e. The summed E-state index contributed by atoms with van der Waals surface area (Å²) in [5.41, 5.74) is 0.736. The summed E-state index contributed by atoms with van der Waals surface area (Å²) in [5.74, 6) is 2.05. The fourth-order valence-corrected chi connectivity index (χ4v) is 4.33. The number of esters is 1. The van der Waals surface area contributed by atoms with E-state index >= 15 is 0 Å². The zero-order chi connectivity index (χ0) is 20.2. The molecule has 0 aliphatic carbocycles. The maximum atomic E-state index is 12.1. The zero-order valence-electron chi connectivity index (χ0n) is 15.5. The molecule has 4 rings (SSSR count). The first-order chi connectivity index (χ1) is 14.1. The van der Waals surface area contributed by atoms with Crippen LogP contribution in [0.3, 0.4) is 0 Å². The predicted octanol–water partition coefficient (Wildman–Crippen LogP) is 2.54. The van der Waals surface area contributed by atoms with Crippen molar-refractivity contribution in [3.05, 3.63) is 29.3 Å². The molecule has 3 heterocycles. The molecule has 0 unspecified atom stereocenters. The number of hydrogen-bond donors (Lipinski definition) is 0. The van der Waals surface area contributed by atoms with Crippen LogP contribution in [0.25, 0.3) is 11.5 Å². The van der Waals surface area contributed by atoms with Gasteiger partial charge in [-0.3, -0.25) is 4.79 Å². The van der Waals surface area contributed by atoms with Gasteiger partial charge in [0.15, 0.2) is 11.5 Å². The summed E-state index contributed by atoms with van der Waals surface area (Å²) in [4.78, 5) is 25.3. The van der Waals surface area contributed by atoms with Crippen molar-refractivity contribution in [1.82, 2.24) is 15.1 Å². The number of benzene rings is 1. The van der Waals surface area contributed by atoms with E-state index < -0.39 is 5.97 Å². The van der Waals surface area contributed by atoms with Crippen LogP contribution in [0.1, 0.15) is 6.92 Å². The van der Waals surface area contributed by atoms with Crippen LogP contribution < -0.4 is 9.47 Å². The third-order valence-electron chi connectivity index (χ3n) is 4.00. The van der Waals surface area contributed by atoms with Gasteiger partial charge >= 0.3 is 5.97 Å². The van der Waals surface area contributed by atoms with Gasteiger partial charge in [-0.2, -0.15) is 0 Å². The molecule has 0 spiro atoms. The van der Waals surface area contributed by atoms with Gasteiger partial charge in [-0.15, -0.1) is 10.2 Å². The van der Waals surface area contributed by atoms with Crippen LogP contribution in [-0.2, 0) is 14.3 Å². The van der Waals surface area contributed by atoms with Crippen LogP contribution in [0, 0.1) is 0 Å². The maximum Gasteiger partial charge on any atom is 0.333 e. The lowest BCUT2D eigenvalue weighted by Gasteiger charge is -2.15. The average molecular weight is 435 g/mol. The van der Waals surface area contributed by atoms with Crippen LogP contribution in [-0.4, -0.2) is 58.4 Å². The minimum absolute atomic E-state index is 0.0438. The second kappa shape index (κ2) is 8.78. The summed E-state index contributed by atoms with van der Waals surface area (Å²) in [6.45, 7) is 2.65. The van der Waals surface area contributed by atoms with Gasteiger partial charge < -0.3 is 23.5 Å². The highest BCUT2D eigenvalue weighted by atomic mass is 32.2. The van der Waals surface area contributed by atoms with Crippen molar-refractivity contribution >= 4 is 35.4 Å². The monoisotopic (exact) mass is 435 g/mol. The number of nitrogens with zero attached hydrogens (tertiary/aromatic N) is 3. The molecule has 0 atom stereocenters. The standard InChI is InChI=1S/C18H17N3O6S2/c1-2-24-16(23)8-15-21(14(22)9-29-15)5-6-28-18-20-19-17(27-18)11-3-4-12-13(7-11)26-10-25-12/h3-4,7-8H,2,5-6,9-10H2,1H3/b15-8-. The molecule has 0 bridgehead atoms. The quantitative estimate of drug-likeness (QED) is 0.366. The van der Waals surface area contributed by atoms with E-state index in [1.165, 1.54) is 29.6 Å². The van der Waals surface area contributed by atoms with Crippen molar-refractivity contribution < 1.29 is 28.2 Å². The van der Waals surface area contributed by atoms with Crippen LogP contribution in [0.2, 0.25) is 0 Å². The molecular weight excluding hydrogens is 418 g/mol. The van der Waals surface area contributed by atoms with Crippen molar-refractivity contribution in [3.63, 3.8) is 0 Å². The van der Waals surface area contributed by atoms with Gasteiger partial charge in [0, 0.05) is 17.9 Å². The van der Waals surface area contributed by atoms with Crippen LogP contribution in [0.4, 0.5) is 0 Å². The van der Waals surface area contributed by atoms with E-state index in [4.69, 9.17) is 18.6 Å². The largest absolute Gasteiger partial charge is 0.463 e. The third-order valence-corrected chi connectivity index (χ3v) is 5.83. The third kappa shape index (κ3) is 4.51. The molecule has 0 N–H and O–H groups in total. The summed E-state index contributed by atoms with van der Waals surface area (Å²) in [6, 6.07) is 5.40. The van der Waals surface area contributed by atoms with Crippen molar-refractivity contribution in [1.29, 1.82) is 0 Å². The Hall–Kier alpha value is -2.66. The fraction of sp³-hybridized carbons (Fsp3) is 0.333.